The molecule has 0 amide bonds. The SMILES string of the molecule is C#CC1CN(C)S(=S)O1. The van der Waals surface area contributed by atoms with Gasteiger partial charge in [0.25, 0.3) is 0 Å². The number of hydrogen-bond acceptors (Lipinski definition) is 2. The minimum absolute atomic E-state index is 0.0872. The zero-order valence-electron chi connectivity index (χ0n) is 5.03. The molecule has 1 fully saturated rings. The maximum atomic E-state index is 5.16. The second kappa shape index (κ2) is 2.76. The van der Waals surface area contributed by atoms with Crippen LogP contribution in [0.4, 0.5) is 0 Å². The predicted octanol–water partition coefficient (Wildman–Crippen LogP) is -0.140. The van der Waals surface area contributed by atoms with Gasteiger partial charge in [0.15, 0.2) is 0 Å². The van der Waals surface area contributed by atoms with Gasteiger partial charge in [-0.15, -0.1) is 6.42 Å². The fourth-order valence-electron chi connectivity index (χ4n) is 0.578. The largest absolute Gasteiger partial charge is 0.282 e. The third kappa shape index (κ3) is 1.49. The summed E-state index contributed by atoms with van der Waals surface area (Å²) < 4.78 is 7.09. The minimum atomic E-state index is -0.473. The smallest absolute Gasteiger partial charge is 0.147 e. The van der Waals surface area contributed by atoms with E-state index in [-0.39, 0.29) is 6.10 Å². The van der Waals surface area contributed by atoms with Crippen molar-refractivity contribution in [2.24, 2.45) is 0 Å². The molecule has 0 radical (unpaired) electrons. The number of rotatable bonds is 0. The number of nitrogens with zero attached hydrogens (tertiary/aromatic N) is 1. The summed E-state index contributed by atoms with van der Waals surface area (Å²) in [5, 5.41) is 0. The van der Waals surface area contributed by atoms with Crippen molar-refractivity contribution in [1.82, 2.24) is 4.31 Å². The molecular weight excluding hydrogens is 154 g/mol. The van der Waals surface area contributed by atoms with Crippen LogP contribution < -0.4 is 0 Å². The van der Waals surface area contributed by atoms with Crippen molar-refractivity contribution < 1.29 is 4.18 Å². The van der Waals surface area contributed by atoms with Crippen molar-refractivity contribution in [2.45, 2.75) is 6.10 Å². The average molecular weight is 161 g/mol. The quantitative estimate of drug-likeness (QED) is 0.459. The molecule has 1 saturated heterocycles. The van der Waals surface area contributed by atoms with Crippen molar-refractivity contribution >= 4 is 21.1 Å². The van der Waals surface area contributed by atoms with Gasteiger partial charge in [-0.2, -0.15) is 0 Å². The third-order valence-electron chi connectivity index (χ3n) is 1.06. The Morgan fingerprint density at radius 1 is 2.00 bits per heavy atom. The van der Waals surface area contributed by atoms with Gasteiger partial charge in [0.2, 0.25) is 0 Å². The molecule has 2 nitrogen and oxygen atoms in total. The van der Waals surface area contributed by atoms with Crippen LogP contribution >= 0.6 is 0 Å². The van der Waals surface area contributed by atoms with Crippen LogP contribution in [0, 0.1) is 12.3 Å². The van der Waals surface area contributed by atoms with Crippen LogP contribution in [0.25, 0.3) is 0 Å². The second-order valence-corrected chi connectivity index (χ2v) is 3.88. The van der Waals surface area contributed by atoms with Crippen LogP contribution in [0.15, 0.2) is 0 Å². The maximum absolute atomic E-state index is 5.16. The first kappa shape index (κ1) is 7.16. The van der Waals surface area contributed by atoms with E-state index in [1.807, 2.05) is 11.4 Å². The molecule has 2 unspecified atom stereocenters. The van der Waals surface area contributed by atoms with E-state index >= 15 is 0 Å². The molecule has 1 aliphatic rings. The van der Waals surface area contributed by atoms with Gasteiger partial charge in [0.05, 0.1) is 16.5 Å². The Morgan fingerprint density at radius 2 is 2.67 bits per heavy atom. The standard InChI is InChI=1S/C5H7NOS2/c1-3-5-4-6(2)9(8)7-5/h1,5H,4H2,2H3. The highest BCUT2D eigenvalue weighted by molar-refractivity contribution is 8.25. The fraction of sp³-hybridized carbons (Fsp3) is 0.600. The van der Waals surface area contributed by atoms with Gasteiger partial charge >= 0.3 is 0 Å². The first-order valence-corrected chi connectivity index (χ1v) is 4.53. The summed E-state index contributed by atoms with van der Waals surface area (Å²) in [5.41, 5.74) is 0. The van der Waals surface area contributed by atoms with Crippen molar-refractivity contribution in [1.29, 1.82) is 0 Å². The summed E-state index contributed by atoms with van der Waals surface area (Å²) in [6.45, 7) is 0.767. The number of hydrogen-bond donors (Lipinski definition) is 0. The summed E-state index contributed by atoms with van der Waals surface area (Å²) in [6, 6.07) is 0. The van der Waals surface area contributed by atoms with Gasteiger partial charge in [-0.05, 0) is 18.2 Å². The molecule has 1 aliphatic heterocycles. The van der Waals surface area contributed by atoms with Gasteiger partial charge in [-0.3, -0.25) is 4.18 Å². The Kier molecular flexibility index (Phi) is 2.19. The van der Waals surface area contributed by atoms with Crippen LogP contribution in [-0.4, -0.2) is 24.0 Å². The van der Waals surface area contributed by atoms with Gasteiger partial charge in [-0.1, -0.05) is 5.92 Å². The first-order chi connectivity index (χ1) is 4.24. The van der Waals surface area contributed by atoms with E-state index in [0.717, 1.165) is 6.54 Å². The van der Waals surface area contributed by atoms with Gasteiger partial charge in [-0.25, -0.2) is 4.31 Å². The van der Waals surface area contributed by atoms with Crippen molar-refractivity contribution in [2.75, 3.05) is 13.6 Å². The van der Waals surface area contributed by atoms with Crippen molar-refractivity contribution in [3.8, 4) is 12.3 Å². The van der Waals surface area contributed by atoms with E-state index < -0.39 is 9.92 Å². The molecule has 1 heterocycles. The van der Waals surface area contributed by atoms with E-state index in [1.54, 1.807) is 0 Å². The van der Waals surface area contributed by atoms with Crippen LogP contribution in [0.2, 0.25) is 0 Å². The Morgan fingerprint density at radius 3 is 2.89 bits per heavy atom. The number of likely N-dealkylation sites (N-methyl/N-ethyl adjacent to an activating group) is 1. The molecule has 0 saturated carbocycles. The first-order valence-electron chi connectivity index (χ1n) is 2.50. The topological polar surface area (TPSA) is 12.5 Å². The van der Waals surface area contributed by atoms with Crippen LogP contribution in [0.3, 0.4) is 0 Å². The highest BCUT2D eigenvalue weighted by atomic mass is 32.8. The Hall–Kier alpha value is 0.0500. The molecular formula is C5H7NOS2. The van der Waals surface area contributed by atoms with Crippen molar-refractivity contribution in [3.63, 3.8) is 0 Å². The van der Waals surface area contributed by atoms with E-state index in [9.17, 15) is 0 Å². The molecule has 0 bridgehead atoms. The molecule has 4 heteroatoms. The summed E-state index contributed by atoms with van der Waals surface area (Å²) in [4.78, 5) is 0. The zero-order valence-corrected chi connectivity index (χ0v) is 6.67. The highest BCUT2D eigenvalue weighted by Gasteiger charge is 2.21. The van der Waals surface area contributed by atoms with Crippen LogP contribution in [-0.2, 0) is 25.3 Å². The summed E-state index contributed by atoms with van der Waals surface area (Å²) in [6.07, 6.45) is 5.03. The molecule has 0 aromatic rings. The third-order valence-corrected chi connectivity index (χ3v) is 3.12. The summed E-state index contributed by atoms with van der Waals surface area (Å²) >= 11 is 4.90. The lowest BCUT2D eigenvalue weighted by atomic mass is 10.4. The Bertz CT molecular complexity index is 174. The molecule has 50 valence electrons. The predicted molar refractivity (Wildman–Crippen MR) is 41.1 cm³/mol. The zero-order chi connectivity index (χ0) is 6.85. The van der Waals surface area contributed by atoms with E-state index in [0.29, 0.717) is 0 Å². The second-order valence-electron chi connectivity index (χ2n) is 1.78. The molecule has 2 atom stereocenters. The average Bonchev–Trinajstić information content (AvgIpc) is 2.13. The van der Waals surface area contributed by atoms with E-state index in [4.69, 9.17) is 21.8 Å². The molecule has 9 heavy (non-hydrogen) atoms. The summed E-state index contributed by atoms with van der Waals surface area (Å²) in [5.74, 6) is 2.50. The molecule has 0 aliphatic carbocycles. The van der Waals surface area contributed by atoms with Gasteiger partial charge < -0.3 is 0 Å². The lowest BCUT2D eigenvalue weighted by Gasteiger charge is -2.00. The molecule has 0 aromatic carbocycles. The lowest BCUT2D eigenvalue weighted by molar-refractivity contribution is 0.331. The summed E-state index contributed by atoms with van der Waals surface area (Å²) in [7, 11) is 1.44. The number of terminal acetylenes is 1. The molecule has 0 N–H and O–H groups in total. The Balaban J connectivity index is 2.57. The van der Waals surface area contributed by atoms with Crippen LogP contribution in [0.1, 0.15) is 0 Å². The van der Waals surface area contributed by atoms with E-state index in [1.165, 1.54) is 0 Å². The van der Waals surface area contributed by atoms with Crippen LogP contribution in [0.5, 0.6) is 0 Å². The van der Waals surface area contributed by atoms with Gasteiger partial charge in [0, 0.05) is 0 Å². The normalized spacial score (nSPS) is 36.4. The fourth-order valence-corrected chi connectivity index (χ4v) is 1.76. The monoisotopic (exact) mass is 161 g/mol. The van der Waals surface area contributed by atoms with Gasteiger partial charge in [0.1, 0.15) is 6.10 Å². The highest BCUT2D eigenvalue weighted by Crippen LogP contribution is 2.09. The van der Waals surface area contributed by atoms with Crippen molar-refractivity contribution in [3.05, 3.63) is 0 Å². The molecule has 0 aromatic heterocycles. The van der Waals surface area contributed by atoms with E-state index in [2.05, 4.69) is 5.92 Å². The maximum Gasteiger partial charge on any atom is 0.147 e. The Labute approximate surface area is 62.1 Å². The lowest BCUT2D eigenvalue weighted by Crippen LogP contribution is -2.15. The molecule has 1 rings (SSSR count). The molecule has 0 spiro atoms. The minimum Gasteiger partial charge on any atom is -0.282 e.